The lowest BCUT2D eigenvalue weighted by Gasteiger charge is -2.37. The SMILES string of the molecule is CCc1cc(Br)c(-c2ccc(C(F)(F)F)cc2)c(C(F)(C(F)(F)F)C(F)(F)C(F)(F)F)c1. The molecule has 13 heteroatoms. The van der Waals surface area contributed by atoms with Crippen LogP contribution in [0.5, 0.6) is 0 Å². The van der Waals surface area contributed by atoms with Crippen LogP contribution >= 0.6 is 15.9 Å². The summed E-state index contributed by atoms with van der Waals surface area (Å²) < 4.78 is 161. The van der Waals surface area contributed by atoms with E-state index < -0.39 is 56.8 Å². The van der Waals surface area contributed by atoms with E-state index in [1.54, 1.807) is 0 Å². The number of aryl methyl sites for hydroxylation is 1. The molecule has 0 aliphatic rings. The van der Waals surface area contributed by atoms with Gasteiger partial charge in [0.25, 0.3) is 0 Å². The number of alkyl halides is 12. The fourth-order valence-electron chi connectivity index (χ4n) is 2.95. The minimum Gasteiger partial charge on any atom is -0.221 e. The average molecular weight is 547 g/mol. The molecule has 2 aromatic rings. The molecule has 2 rings (SSSR count). The lowest BCUT2D eigenvalue weighted by atomic mass is 9.81. The molecule has 2 aromatic carbocycles. The van der Waals surface area contributed by atoms with E-state index in [0.717, 1.165) is 6.07 Å². The first kappa shape index (κ1) is 26.3. The lowest BCUT2D eigenvalue weighted by Crippen LogP contribution is -2.60. The smallest absolute Gasteiger partial charge is 0.221 e. The molecule has 0 saturated carbocycles. The van der Waals surface area contributed by atoms with Crippen LogP contribution in [-0.2, 0) is 18.3 Å². The summed E-state index contributed by atoms with van der Waals surface area (Å²) in [6.07, 6.45) is -18.7. The van der Waals surface area contributed by atoms with Crippen LogP contribution in [0.25, 0.3) is 11.1 Å². The predicted octanol–water partition coefficient (Wildman–Crippen LogP) is 8.62. The highest BCUT2D eigenvalue weighted by Gasteiger charge is 2.82. The Morgan fingerprint density at radius 1 is 0.719 bits per heavy atom. The van der Waals surface area contributed by atoms with Gasteiger partial charge < -0.3 is 0 Å². The van der Waals surface area contributed by atoms with Crippen LogP contribution in [0.1, 0.15) is 23.6 Å². The summed E-state index contributed by atoms with van der Waals surface area (Å²) in [5, 5.41) is 0. The molecule has 0 saturated heterocycles. The molecule has 178 valence electrons. The Hall–Kier alpha value is -1.92. The molecule has 0 spiro atoms. The Morgan fingerprint density at radius 2 is 1.22 bits per heavy atom. The number of hydrogen-bond acceptors (Lipinski definition) is 0. The Balaban J connectivity index is 2.97. The summed E-state index contributed by atoms with van der Waals surface area (Å²) in [4.78, 5) is 0. The van der Waals surface area contributed by atoms with Gasteiger partial charge in [-0.15, -0.1) is 0 Å². The molecule has 0 aliphatic carbocycles. The molecule has 32 heavy (non-hydrogen) atoms. The molecular formula is C19H11BrF12. The van der Waals surface area contributed by atoms with Crippen LogP contribution in [0.3, 0.4) is 0 Å². The maximum atomic E-state index is 15.2. The van der Waals surface area contributed by atoms with Crippen molar-refractivity contribution in [3.63, 3.8) is 0 Å². The molecule has 0 heterocycles. The van der Waals surface area contributed by atoms with E-state index in [9.17, 15) is 48.3 Å². The zero-order valence-corrected chi connectivity index (χ0v) is 17.2. The van der Waals surface area contributed by atoms with Gasteiger partial charge in [-0.1, -0.05) is 41.1 Å². The molecule has 0 radical (unpaired) electrons. The van der Waals surface area contributed by atoms with Crippen molar-refractivity contribution in [2.75, 3.05) is 0 Å². The van der Waals surface area contributed by atoms with E-state index in [0.29, 0.717) is 24.3 Å². The first-order valence-corrected chi connectivity index (χ1v) is 9.29. The van der Waals surface area contributed by atoms with Gasteiger partial charge in [-0.3, -0.25) is 0 Å². The zero-order chi connectivity index (χ0) is 24.9. The Bertz CT molecular complexity index is 970. The van der Waals surface area contributed by atoms with Gasteiger partial charge in [-0.05, 0) is 35.7 Å². The third kappa shape index (κ3) is 4.32. The maximum Gasteiger partial charge on any atom is 0.457 e. The topological polar surface area (TPSA) is 0 Å². The summed E-state index contributed by atoms with van der Waals surface area (Å²) in [6, 6.07) is 3.06. The van der Waals surface area contributed by atoms with Crippen molar-refractivity contribution in [1.82, 2.24) is 0 Å². The molecule has 0 amide bonds. The van der Waals surface area contributed by atoms with Gasteiger partial charge in [0.1, 0.15) is 0 Å². The highest BCUT2D eigenvalue weighted by Crippen LogP contribution is 2.60. The molecule has 1 atom stereocenters. The van der Waals surface area contributed by atoms with Crippen LogP contribution in [0.2, 0.25) is 0 Å². The lowest BCUT2D eigenvalue weighted by molar-refractivity contribution is -0.389. The van der Waals surface area contributed by atoms with Crippen molar-refractivity contribution in [3.8, 4) is 11.1 Å². The van der Waals surface area contributed by atoms with Crippen LogP contribution in [0, 0.1) is 0 Å². The molecule has 0 bridgehead atoms. The molecule has 0 nitrogen and oxygen atoms in total. The van der Waals surface area contributed by atoms with Crippen molar-refractivity contribution >= 4 is 15.9 Å². The third-order valence-corrected chi connectivity index (χ3v) is 5.24. The first-order valence-electron chi connectivity index (χ1n) is 8.49. The van der Waals surface area contributed by atoms with Gasteiger partial charge in [-0.2, -0.15) is 48.3 Å². The molecule has 0 fully saturated rings. The second kappa shape index (κ2) is 8.14. The maximum absolute atomic E-state index is 15.2. The Morgan fingerprint density at radius 3 is 1.59 bits per heavy atom. The minimum atomic E-state index is -6.94. The summed E-state index contributed by atoms with van der Waals surface area (Å²) in [5.74, 6) is -6.93. The van der Waals surface area contributed by atoms with Gasteiger partial charge in [0.15, 0.2) is 0 Å². The third-order valence-electron chi connectivity index (χ3n) is 4.61. The number of halogens is 13. The van der Waals surface area contributed by atoms with Gasteiger partial charge in [0, 0.05) is 15.6 Å². The van der Waals surface area contributed by atoms with E-state index in [1.807, 2.05) is 0 Å². The zero-order valence-electron chi connectivity index (χ0n) is 15.6. The van der Waals surface area contributed by atoms with Crippen molar-refractivity contribution in [1.29, 1.82) is 0 Å². The predicted molar refractivity (Wildman–Crippen MR) is 93.8 cm³/mol. The van der Waals surface area contributed by atoms with Crippen molar-refractivity contribution in [3.05, 3.63) is 57.6 Å². The molecule has 0 N–H and O–H groups in total. The van der Waals surface area contributed by atoms with Gasteiger partial charge >= 0.3 is 30.1 Å². The van der Waals surface area contributed by atoms with E-state index >= 15 is 4.39 Å². The highest BCUT2D eigenvalue weighted by molar-refractivity contribution is 9.10. The second-order valence-electron chi connectivity index (χ2n) is 6.66. The molecule has 0 aliphatic heterocycles. The summed E-state index contributed by atoms with van der Waals surface area (Å²) in [7, 11) is 0. The van der Waals surface area contributed by atoms with Crippen LogP contribution < -0.4 is 0 Å². The number of benzene rings is 2. The Kier molecular flexibility index (Phi) is 6.70. The van der Waals surface area contributed by atoms with E-state index in [1.165, 1.54) is 6.92 Å². The van der Waals surface area contributed by atoms with Crippen molar-refractivity contribution < 1.29 is 52.7 Å². The fraction of sp³-hybridized carbons (Fsp3) is 0.368. The first-order chi connectivity index (χ1) is 14.3. The van der Waals surface area contributed by atoms with E-state index in [4.69, 9.17) is 0 Å². The summed E-state index contributed by atoms with van der Waals surface area (Å²) >= 11 is 2.73. The van der Waals surface area contributed by atoms with Gasteiger partial charge in [0.2, 0.25) is 0 Å². The quantitative estimate of drug-likeness (QED) is 0.337. The van der Waals surface area contributed by atoms with Crippen molar-refractivity contribution in [2.24, 2.45) is 0 Å². The highest BCUT2D eigenvalue weighted by atomic mass is 79.9. The number of hydrogen-bond donors (Lipinski definition) is 0. The van der Waals surface area contributed by atoms with Crippen molar-refractivity contribution in [2.45, 2.75) is 43.5 Å². The standard InChI is InChI=1S/C19H11BrF12/c1-2-9-7-12(15(21,18(27,28)29)17(25,26)19(30,31)32)14(13(20)8-9)10-3-5-11(6-4-10)16(22,23)24/h3-8H,2H2,1H3. The fourth-order valence-corrected chi connectivity index (χ4v) is 3.69. The van der Waals surface area contributed by atoms with E-state index in [-0.39, 0.29) is 18.1 Å². The average Bonchev–Trinajstić information content (AvgIpc) is 2.64. The Labute approximate surface area is 181 Å². The molecule has 0 aromatic heterocycles. The van der Waals surface area contributed by atoms with Crippen LogP contribution in [0.15, 0.2) is 40.9 Å². The normalized spacial score (nSPS) is 15.6. The number of rotatable bonds is 4. The van der Waals surface area contributed by atoms with E-state index in [2.05, 4.69) is 15.9 Å². The monoisotopic (exact) mass is 546 g/mol. The molecule has 1 unspecified atom stereocenters. The van der Waals surface area contributed by atoms with Crippen LogP contribution in [0.4, 0.5) is 52.7 Å². The minimum absolute atomic E-state index is 0.176. The second-order valence-corrected chi connectivity index (χ2v) is 7.51. The largest absolute Gasteiger partial charge is 0.457 e. The van der Waals surface area contributed by atoms with Gasteiger partial charge in [0.05, 0.1) is 5.56 Å². The summed E-state index contributed by atoms with van der Waals surface area (Å²) in [5.41, 5.74) is -11.6. The van der Waals surface area contributed by atoms with Gasteiger partial charge in [-0.25, -0.2) is 4.39 Å². The molecular weight excluding hydrogens is 536 g/mol. The summed E-state index contributed by atoms with van der Waals surface area (Å²) in [6.45, 7) is 1.32. The van der Waals surface area contributed by atoms with Crippen LogP contribution in [-0.4, -0.2) is 18.3 Å².